The molecule has 0 aromatic carbocycles. The highest BCUT2D eigenvalue weighted by molar-refractivity contribution is 7.89. The fourth-order valence-electron chi connectivity index (χ4n) is 4.59. The molecule has 0 N–H and O–H groups in total. The maximum Gasteiger partial charge on any atom is 0.245 e. The summed E-state index contributed by atoms with van der Waals surface area (Å²) in [6, 6.07) is -0.692. The van der Waals surface area contributed by atoms with Crippen molar-refractivity contribution in [3.8, 4) is 0 Å². The van der Waals surface area contributed by atoms with Gasteiger partial charge in [0.05, 0.1) is 29.7 Å². The number of likely N-dealkylation sites (tertiary alicyclic amines) is 1. The van der Waals surface area contributed by atoms with Crippen molar-refractivity contribution in [2.75, 3.05) is 38.2 Å². The Bertz CT molecular complexity index is 831. The molecule has 3 heterocycles. The first-order valence-electron chi connectivity index (χ1n) is 10.1. The third-order valence-electron chi connectivity index (χ3n) is 5.84. The van der Waals surface area contributed by atoms with E-state index >= 15 is 0 Å². The maximum absolute atomic E-state index is 13.0. The van der Waals surface area contributed by atoms with E-state index in [1.165, 1.54) is 10.7 Å². The lowest BCUT2D eigenvalue weighted by atomic mass is 9.97. The van der Waals surface area contributed by atoms with Crippen LogP contribution in [-0.2, 0) is 24.8 Å². The molecule has 2 saturated heterocycles. The Balaban J connectivity index is 1.73. The SMILES string of the molecule is CCC[C@H]1C(=O)N(S(C)(=O)=O)C2=CCN(S(=O)(=O)CCCN3CCCCC3)[C@@H]21. The first-order chi connectivity index (χ1) is 13.2. The minimum Gasteiger partial charge on any atom is -0.303 e. The number of carbonyl (C=O) groups excluding carboxylic acids is 1. The van der Waals surface area contributed by atoms with Crippen molar-refractivity contribution in [1.29, 1.82) is 0 Å². The van der Waals surface area contributed by atoms with Gasteiger partial charge < -0.3 is 4.90 Å². The first kappa shape index (κ1) is 21.7. The number of sulfonamides is 2. The molecule has 0 bridgehead atoms. The van der Waals surface area contributed by atoms with Gasteiger partial charge in [-0.3, -0.25) is 4.79 Å². The summed E-state index contributed by atoms with van der Waals surface area (Å²) in [5.74, 6) is -1.12. The van der Waals surface area contributed by atoms with Gasteiger partial charge in [-0.05, 0) is 51.4 Å². The second-order valence-corrected chi connectivity index (χ2v) is 11.8. The van der Waals surface area contributed by atoms with Crippen LogP contribution < -0.4 is 0 Å². The Labute approximate surface area is 168 Å². The summed E-state index contributed by atoms with van der Waals surface area (Å²) >= 11 is 0. The van der Waals surface area contributed by atoms with Crippen molar-refractivity contribution in [3.63, 3.8) is 0 Å². The predicted octanol–water partition coefficient (Wildman–Crippen LogP) is 0.978. The van der Waals surface area contributed by atoms with Crippen LogP contribution in [0.3, 0.4) is 0 Å². The molecule has 8 nitrogen and oxygen atoms in total. The molecule has 0 radical (unpaired) electrons. The van der Waals surface area contributed by atoms with Crippen LogP contribution in [0.15, 0.2) is 11.8 Å². The van der Waals surface area contributed by atoms with Crippen LogP contribution in [0.1, 0.15) is 45.4 Å². The first-order valence-corrected chi connectivity index (χ1v) is 13.6. The lowest BCUT2D eigenvalue weighted by molar-refractivity contribution is -0.127. The van der Waals surface area contributed by atoms with E-state index in [4.69, 9.17) is 0 Å². The summed E-state index contributed by atoms with van der Waals surface area (Å²) in [6.45, 7) is 4.84. The molecule has 10 heteroatoms. The number of amides is 1. The van der Waals surface area contributed by atoms with Crippen LogP contribution in [0, 0.1) is 5.92 Å². The molecule has 160 valence electrons. The maximum atomic E-state index is 13.0. The lowest BCUT2D eigenvalue weighted by Crippen LogP contribution is -2.42. The average molecular weight is 434 g/mol. The molecule has 0 aliphatic carbocycles. The molecule has 0 spiro atoms. The third-order valence-corrected chi connectivity index (χ3v) is 8.79. The number of fused-ring (bicyclic) bond motifs is 1. The van der Waals surface area contributed by atoms with Crippen LogP contribution in [0.25, 0.3) is 0 Å². The smallest absolute Gasteiger partial charge is 0.245 e. The van der Waals surface area contributed by atoms with Crippen LogP contribution in [0.2, 0.25) is 0 Å². The van der Waals surface area contributed by atoms with Crippen LogP contribution in [-0.4, -0.2) is 80.5 Å². The van der Waals surface area contributed by atoms with Gasteiger partial charge in [-0.25, -0.2) is 21.1 Å². The fourth-order valence-corrected chi connectivity index (χ4v) is 7.25. The molecule has 3 aliphatic heterocycles. The molecule has 3 rings (SSSR count). The zero-order valence-corrected chi connectivity index (χ0v) is 18.3. The van der Waals surface area contributed by atoms with E-state index in [-0.39, 0.29) is 12.3 Å². The normalized spacial score (nSPS) is 27.3. The van der Waals surface area contributed by atoms with Crippen molar-refractivity contribution in [1.82, 2.24) is 13.5 Å². The fraction of sp³-hybridized carbons (Fsp3) is 0.833. The zero-order chi connectivity index (χ0) is 20.5. The third kappa shape index (κ3) is 4.29. The van der Waals surface area contributed by atoms with Gasteiger partial charge in [0.15, 0.2) is 0 Å². The number of piperidine rings is 1. The largest absolute Gasteiger partial charge is 0.303 e. The highest BCUT2D eigenvalue weighted by atomic mass is 32.2. The standard InChI is InChI=1S/C18H31N3O5S2/c1-3-8-15-17-16(21(18(15)22)27(2,23)24)9-13-20(17)28(25,26)14-7-12-19-10-5-4-6-11-19/h9,15,17H,3-8,10-14H2,1-2H3/t15-,17-/m1/s1. The second kappa shape index (κ2) is 8.41. The number of rotatable bonds is 8. The van der Waals surface area contributed by atoms with Crippen molar-refractivity contribution in [3.05, 3.63) is 11.8 Å². The summed E-state index contributed by atoms with van der Waals surface area (Å²) in [6.07, 6.45) is 7.83. The number of carbonyl (C=O) groups is 1. The van der Waals surface area contributed by atoms with Gasteiger partial charge in [0.1, 0.15) is 0 Å². The van der Waals surface area contributed by atoms with Crippen LogP contribution in [0.4, 0.5) is 0 Å². The van der Waals surface area contributed by atoms with E-state index in [1.54, 1.807) is 6.08 Å². The summed E-state index contributed by atoms with van der Waals surface area (Å²) in [5.41, 5.74) is 0.311. The van der Waals surface area contributed by atoms with Crippen molar-refractivity contribution >= 4 is 26.0 Å². The van der Waals surface area contributed by atoms with Crippen molar-refractivity contribution in [2.45, 2.75) is 51.5 Å². The molecule has 1 amide bonds. The molecular formula is C18H31N3O5S2. The molecule has 0 unspecified atom stereocenters. The molecule has 2 atom stereocenters. The van der Waals surface area contributed by atoms with Gasteiger partial charge in [0.2, 0.25) is 26.0 Å². The molecule has 0 aromatic rings. The Morgan fingerprint density at radius 1 is 1.11 bits per heavy atom. The summed E-state index contributed by atoms with van der Waals surface area (Å²) in [5, 5.41) is 0. The van der Waals surface area contributed by atoms with Gasteiger partial charge in [-0.2, -0.15) is 4.31 Å². The van der Waals surface area contributed by atoms with Gasteiger partial charge in [0, 0.05) is 6.54 Å². The number of hydrogen-bond donors (Lipinski definition) is 0. The van der Waals surface area contributed by atoms with E-state index in [1.807, 2.05) is 6.92 Å². The molecule has 0 saturated carbocycles. The molecule has 28 heavy (non-hydrogen) atoms. The Kier molecular flexibility index (Phi) is 6.53. The average Bonchev–Trinajstić information content (AvgIpc) is 3.14. The lowest BCUT2D eigenvalue weighted by Gasteiger charge is -2.28. The summed E-state index contributed by atoms with van der Waals surface area (Å²) in [4.78, 5) is 15.0. The molecule has 3 aliphatic rings. The Morgan fingerprint density at radius 2 is 1.79 bits per heavy atom. The quantitative estimate of drug-likeness (QED) is 0.566. The van der Waals surface area contributed by atoms with E-state index in [2.05, 4.69) is 4.90 Å². The van der Waals surface area contributed by atoms with Gasteiger partial charge in [0.25, 0.3) is 0 Å². The highest BCUT2D eigenvalue weighted by Gasteiger charge is 2.54. The molecule has 2 fully saturated rings. The van der Waals surface area contributed by atoms with E-state index in [0.717, 1.165) is 43.0 Å². The zero-order valence-electron chi connectivity index (χ0n) is 16.7. The van der Waals surface area contributed by atoms with E-state index < -0.39 is 37.9 Å². The second-order valence-electron chi connectivity index (χ2n) is 7.98. The topological polar surface area (TPSA) is 95.1 Å². The predicted molar refractivity (Wildman–Crippen MR) is 107 cm³/mol. The van der Waals surface area contributed by atoms with Crippen molar-refractivity contribution < 1.29 is 21.6 Å². The highest BCUT2D eigenvalue weighted by Crippen LogP contribution is 2.41. The minimum absolute atomic E-state index is 0.0209. The Morgan fingerprint density at radius 3 is 2.39 bits per heavy atom. The van der Waals surface area contributed by atoms with Crippen LogP contribution >= 0.6 is 0 Å². The van der Waals surface area contributed by atoms with E-state index in [0.29, 0.717) is 25.0 Å². The number of nitrogens with zero attached hydrogens (tertiary/aromatic N) is 3. The molecular weight excluding hydrogens is 402 g/mol. The monoisotopic (exact) mass is 433 g/mol. The summed E-state index contributed by atoms with van der Waals surface area (Å²) in [7, 11) is -7.35. The molecule has 0 aromatic heterocycles. The Hall–Kier alpha value is -0.970. The van der Waals surface area contributed by atoms with Crippen LogP contribution in [0.5, 0.6) is 0 Å². The van der Waals surface area contributed by atoms with E-state index in [9.17, 15) is 21.6 Å². The van der Waals surface area contributed by atoms with Gasteiger partial charge in [-0.15, -0.1) is 0 Å². The van der Waals surface area contributed by atoms with Gasteiger partial charge in [-0.1, -0.05) is 19.8 Å². The van der Waals surface area contributed by atoms with Crippen molar-refractivity contribution in [2.24, 2.45) is 5.92 Å². The minimum atomic E-state index is -3.77. The van der Waals surface area contributed by atoms with Gasteiger partial charge >= 0.3 is 0 Å². The number of hydrogen-bond acceptors (Lipinski definition) is 6. The summed E-state index contributed by atoms with van der Waals surface area (Å²) < 4.78 is 52.5.